The Balaban J connectivity index is 0.00000225. The molecule has 0 aromatic heterocycles. The fourth-order valence-electron chi connectivity index (χ4n) is 4.38. The maximum absolute atomic E-state index is 12.9. The summed E-state index contributed by atoms with van der Waals surface area (Å²) in [6.45, 7) is 6.29. The third-order valence-electron chi connectivity index (χ3n) is 5.96. The van der Waals surface area contributed by atoms with Crippen LogP contribution in [0.25, 0.3) is 0 Å². The summed E-state index contributed by atoms with van der Waals surface area (Å²) in [4.78, 5) is 15.4. The normalized spacial score (nSPS) is 19.8. The fraction of sp³-hybridized carbons (Fsp3) is 0.435. The van der Waals surface area contributed by atoms with E-state index in [1.807, 2.05) is 12.1 Å². The standard InChI is InChI=1S/C23H29N3O.ClH/c1-17(19-12-14-26(16-19)15-18-7-3-2-4-8-18)25-23(27)21-9-5-11-22-20(21)10-6-13-24-22;/h2-5,7-9,11,17,19,24H,6,10,12-16H2,1H3,(H,25,27);1H. The molecule has 2 aliphatic rings. The van der Waals surface area contributed by atoms with Crippen molar-refractivity contribution < 1.29 is 4.79 Å². The monoisotopic (exact) mass is 399 g/mol. The molecule has 2 aromatic rings. The molecular weight excluding hydrogens is 370 g/mol. The zero-order valence-electron chi connectivity index (χ0n) is 16.5. The van der Waals surface area contributed by atoms with Crippen LogP contribution in [0.4, 0.5) is 5.69 Å². The number of carbonyl (C=O) groups excluding carboxylic acids is 1. The third-order valence-corrected chi connectivity index (χ3v) is 5.96. The number of amides is 1. The van der Waals surface area contributed by atoms with Crippen molar-refractivity contribution in [1.29, 1.82) is 0 Å². The lowest BCUT2D eigenvalue weighted by Gasteiger charge is -2.24. The SMILES string of the molecule is CC(NC(=O)c1cccc2c1CCCN2)C1CCN(Cc2ccccc2)C1.Cl. The molecule has 2 aliphatic heterocycles. The van der Waals surface area contributed by atoms with E-state index in [4.69, 9.17) is 0 Å². The van der Waals surface area contributed by atoms with Crippen LogP contribution in [0.3, 0.4) is 0 Å². The number of fused-ring (bicyclic) bond motifs is 1. The van der Waals surface area contributed by atoms with E-state index >= 15 is 0 Å². The van der Waals surface area contributed by atoms with Gasteiger partial charge in [0.1, 0.15) is 0 Å². The molecular formula is C23H30ClN3O. The zero-order chi connectivity index (χ0) is 18.6. The van der Waals surface area contributed by atoms with Gasteiger partial charge in [-0.1, -0.05) is 36.4 Å². The van der Waals surface area contributed by atoms with Crippen molar-refractivity contribution >= 4 is 24.0 Å². The summed E-state index contributed by atoms with van der Waals surface area (Å²) >= 11 is 0. The van der Waals surface area contributed by atoms with E-state index in [9.17, 15) is 4.79 Å². The highest BCUT2D eigenvalue weighted by Crippen LogP contribution is 2.26. The molecule has 0 spiro atoms. The lowest BCUT2D eigenvalue weighted by atomic mass is 9.96. The zero-order valence-corrected chi connectivity index (χ0v) is 17.3. The quantitative estimate of drug-likeness (QED) is 0.795. The van der Waals surface area contributed by atoms with Crippen LogP contribution in [-0.4, -0.2) is 36.5 Å². The van der Waals surface area contributed by atoms with Crippen LogP contribution >= 0.6 is 12.4 Å². The van der Waals surface area contributed by atoms with Crippen LogP contribution in [0.2, 0.25) is 0 Å². The average Bonchev–Trinajstić information content (AvgIpc) is 3.17. The lowest BCUT2D eigenvalue weighted by Crippen LogP contribution is -2.39. The summed E-state index contributed by atoms with van der Waals surface area (Å²) in [5, 5.41) is 6.69. The highest BCUT2D eigenvalue weighted by Gasteiger charge is 2.28. The predicted molar refractivity (Wildman–Crippen MR) is 117 cm³/mol. The summed E-state index contributed by atoms with van der Waals surface area (Å²) in [5.41, 5.74) is 4.49. The molecule has 1 fully saturated rings. The van der Waals surface area contributed by atoms with E-state index in [-0.39, 0.29) is 24.4 Å². The lowest BCUT2D eigenvalue weighted by molar-refractivity contribution is 0.0926. The van der Waals surface area contributed by atoms with E-state index in [0.29, 0.717) is 5.92 Å². The van der Waals surface area contributed by atoms with Gasteiger partial charge in [-0.15, -0.1) is 12.4 Å². The number of benzene rings is 2. The van der Waals surface area contributed by atoms with Crippen LogP contribution in [0.1, 0.15) is 41.3 Å². The van der Waals surface area contributed by atoms with Gasteiger partial charge >= 0.3 is 0 Å². The van der Waals surface area contributed by atoms with Crippen LogP contribution in [0.5, 0.6) is 0 Å². The molecule has 2 unspecified atom stereocenters. The van der Waals surface area contributed by atoms with Crippen LogP contribution in [0.15, 0.2) is 48.5 Å². The number of carbonyl (C=O) groups is 1. The van der Waals surface area contributed by atoms with Gasteiger partial charge in [-0.25, -0.2) is 0 Å². The van der Waals surface area contributed by atoms with Crippen molar-refractivity contribution in [2.75, 3.05) is 25.0 Å². The molecule has 2 N–H and O–H groups in total. The van der Waals surface area contributed by atoms with E-state index < -0.39 is 0 Å². The van der Waals surface area contributed by atoms with E-state index in [1.165, 1.54) is 11.1 Å². The molecule has 0 saturated carbocycles. The van der Waals surface area contributed by atoms with E-state index in [1.54, 1.807) is 0 Å². The van der Waals surface area contributed by atoms with Gasteiger partial charge in [0, 0.05) is 36.9 Å². The number of rotatable bonds is 5. The first-order chi connectivity index (χ1) is 13.2. The molecule has 0 bridgehead atoms. The average molecular weight is 400 g/mol. The Hall–Kier alpha value is -2.04. The Morgan fingerprint density at radius 3 is 2.86 bits per heavy atom. The van der Waals surface area contributed by atoms with Crippen LogP contribution in [0, 0.1) is 5.92 Å². The van der Waals surface area contributed by atoms with Gasteiger partial charge in [0.05, 0.1) is 0 Å². The third kappa shape index (κ3) is 4.68. The van der Waals surface area contributed by atoms with Crippen LogP contribution < -0.4 is 10.6 Å². The minimum Gasteiger partial charge on any atom is -0.385 e. The van der Waals surface area contributed by atoms with E-state index in [0.717, 1.165) is 56.7 Å². The minimum absolute atomic E-state index is 0. The van der Waals surface area contributed by atoms with Gasteiger partial charge in [0.2, 0.25) is 0 Å². The minimum atomic E-state index is 0. The summed E-state index contributed by atoms with van der Waals surface area (Å²) in [5.74, 6) is 0.583. The Labute approximate surface area is 174 Å². The molecule has 0 aliphatic carbocycles. The molecule has 4 nitrogen and oxygen atoms in total. The summed E-state index contributed by atoms with van der Waals surface area (Å²) in [6.07, 6.45) is 3.21. The first-order valence-corrected chi connectivity index (χ1v) is 10.1. The molecule has 150 valence electrons. The van der Waals surface area contributed by atoms with Crippen molar-refractivity contribution in [2.24, 2.45) is 5.92 Å². The fourth-order valence-corrected chi connectivity index (χ4v) is 4.38. The van der Waals surface area contributed by atoms with Gasteiger partial charge in [0.15, 0.2) is 0 Å². The highest BCUT2D eigenvalue weighted by molar-refractivity contribution is 5.97. The summed E-state index contributed by atoms with van der Waals surface area (Å²) < 4.78 is 0. The number of nitrogens with zero attached hydrogens (tertiary/aromatic N) is 1. The second kappa shape index (κ2) is 9.44. The van der Waals surface area contributed by atoms with Gasteiger partial charge in [-0.3, -0.25) is 9.69 Å². The molecule has 1 saturated heterocycles. The Morgan fingerprint density at radius 1 is 1.21 bits per heavy atom. The highest BCUT2D eigenvalue weighted by atomic mass is 35.5. The summed E-state index contributed by atoms with van der Waals surface area (Å²) in [6, 6.07) is 16.8. The Bertz CT molecular complexity index is 796. The molecule has 5 heteroatoms. The number of halogens is 1. The molecule has 1 amide bonds. The molecule has 2 heterocycles. The van der Waals surface area contributed by atoms with Gasteiger partial charge in [-0.2, -0.15) is 0 Å². The topological polar surface area (TPSA) is 44.4 Å². The second-order valence-corrected chi connectivity index (χ2v) is 7.89. The number of hydrogen-bond acceptors (Lipinski definition) is 3. The number of nitrogens with one attached hydrogen (secondary N) is 2. The Morgan fingerprint density at radius 2 is 2.04 bits per heavy atom. The van der Waals surface area contributed by atoms with Crippen molar-refractivity contribution in [1.82, 2.24) is 10.2 Å². The van der Waals surface area contributed by atoms with Crippen molar-refractivity contribution in [3.63, 3.8) is 0 Å². The molecule has 4 rings (SSSR count). The molecule has 2 atom stereocenters. The van der Waals surface area contributed by atoms with Gasteiger partial charge < -0.3 is 10.6 Å². The largest absolute Gasteiger partial charge is 0.385 e. The van der Waals surface area contributed by atoms with Gasteiger partial charge in [0.25, 0.3) is 5.91 Å². The first kappa shape index (κ1) is 20.7. The van der Waals surface area contributed by atoms with Crippen molar-refractivity contribution in [2.45, 2.75) is 38.8 Å². The van der Waals surface area contributed by atoms with E-state index in [2.05, 4.69) is 58.9 Å². The van der Waals surface area contributed by atoms with Crippen molar-refractivity contribution in [3.8, 4) is 0 Å². The summed E-state index contributed by atoms with van der Waals surface area (Å²) in [7, 11) is 0. The maximum atomic E-state index is 12.9. The molecule has 2 aromatic carbocycles. The molecule has 28 heavy (non-hydrogen) atoms. The number of likely N-dealkylation sites (tertiary alicyclic amines) is 1. The van der Waals surface area contributed by atoms with Gasteiger partial charge in [-0.05, 0) is 61.9 Å². The smallest absolute Gasteiger partial charge is 0.251 e. The number of anilines is 1. The van der Waals surface area contributed by atoms with Crippen LogP contribution in [-0.2, 0) is 13.0 Å². The maximum Gasteiger partial charge on any atom is 0.251 e. The predicted octanol–water partition coefficient (Wildman–Crippen LogP) is 4.11. The molecule has 0 radical (unpaired) electrons. The second-order valence-electron chi connectivity index (χ2n) is 7.89. The Kier molecular flexibility index (Phi) is 6.97. The number of hydrogen-bond donors (Lipinski definition) is 2. The van der Waals surface area contributed by atoms with Crippen molar-refractivity contribution in [3.05, 3.63) is 65.2 Å². The first-order valence-electron chi connectivity index (χ1n) is 10.1.